The van der Waals surface area contributed by atoms with Crippen molar-refractivity contribution in [3.63, 3.8) is 0 Å². The van der Waals surface area contributed by atoms with Crippen LogP contribution in [0, 0.1) is 0 Å². The zero-order valence-electron chi connectivity index (χ0n) is 10.7. The molecule has 1 N–H and O–H groups in total. The lowest BCUT2D eigenvalue weighted by Crippen LogP contribution is -2.34. The van der Waals surface area contributed by atoms with E-state index >= 15 is 0 Å². The van der Waals surface area contributed by atoms with E-state index in [1.165, 1.54) is 0 Å². The molecule has 0 heterocycles. The second-order valence-electron chi connectivity index (χ2n) is 4.55. The summed E-state index contributed by atoms with van der Waals surface area (Å²) >= 11 is 0. The van der Waals surface area contributed by atoms with Gasteiger partial charge in [-0.25, -0.2) is 8.93 Å². The van der Waals surface area contributed by atoms with Crippen molar-refractivity contribution in [1.82, 2.24) is 4.72 Å². The van der Waals surface area contributed by atoms with Crippen molar-refractivity contribution >= 4 is 11.0 Å². The fraction of sp³-hybridized carbons (Fsp3) is 0.500. The Morgan fingerprint density at radius 1 is 1.40 bits per heavy atom. The van der Waals surface area contributed by atoms with Crippen molar-refractivity contribution in [2.75, 3.05) is 0 Å². The fourth-order valence-corrected chi connectivity index (χ4v) is 1.90. The minimum atomic E-state index is -1.07. The summed E-state index contributed by atoms with van der Waals surface area (Å²) in [5.41, 5.74) is 1.05. The normalized spacial score (nSPS) is 16.9. The Morgan fingerprint density at radius 3 is 2.40 bits per heavy atom. The molecule has 0 aromatic heterocycles. The monoisotopic (exact) mass is 226 g/mol. The average molecular weight is 226 g/mol. The minimum Gasteiger partial charge on any atom is -0.242 e. The van der Waals surface area contributed by atoms with Crippen LogP contribution in [0.2, 0.25) is 0 Å². The Morgan fingerprint density at radius 2 is 1.93 bits per heavy atom. The highest BCUT2D eigenvalue weighted by Crippen LogP contribution is 2.16. The van der Waals surface area contributed by atoms with Gasteiger partial charge in [0.2, 0.25) is 0 Å². The molecule has 0 unspecified atom stereocenters. The fourth-order valence-electron chi connectivity index (χ4n) is 1.09. The lowest BCUT2D eigenvalue weighted by atomic mass is 10.1. The van der Waals surface area contributed by atoms with E-state index in [-0.39, 0.29) is 10.8 Å². The Labute approximate surface area is 96.1 Å². The van der Waals surface area contributed by atoms with Gasteiger partial charge in [-0.2, -0.15) is 0 Å². The topological polar surface area (TPSA) is 29.1 Å². The predicted octanol–water partition coefficient (Wildman–Crippen LogP) is 2.80. The van der Waals surface area contributed by atoms with Crippen LogP contribution in [-0.2, 0) is 11.0 Å². The Kier molecular flexibility index (Phi) is 3.54. The molecule has 0 aliphatic carbocycles. The summed E-state index contributed by atoms with van der Waals surface area (Å²) in [6.45, 7) is 7.80. The molecule has 0 amide bonds. The van der Waals surface area contributed by atoms with Crippen LogP contribution in [0.5, 0.6) is 0 Å². The highest BCUT2D eigenvalue weighted by Gasteiger charge is 2.21. The summed E-state index contributed by atoms with van der Waals surface area (Å²) in [5, 5.41) is 0. The lowest BCUT2D eigenvalue weighted by molar-refractivity contribution is 0.616. The van der Waals surface area contributed by atoms with Crippen molar-refractivity contribution in [1.29, 1.82) is 0 Å². The largest absolute Gasteiger partial charge is 0.242 e. The van der Waals surface area contributed by atoms with E-state index < -0.39 is 11.0 Å². The maximum atomic E-state index is 11.9. The molecule has 0 aliphatic heterocycles. The maximum absolute atomic E-state index is 11.9. The van der Waals surface area contributed by atoms with Gasteiger partial charge in [-0.3, -0.25) is 0 Å². The predicted molar refractivity (Wildman–Crippen MR) is 65.9 cm³/mol. The molecule has 0 aliphatic rings. The van der Waals surface area contributed by atoms with E-state index in [4.69, 9.17) is 1.37 Å². The molecule has 3 heteroatoms. The third-order valence-corrected chi connectivity index (χ3v) is 3.76. The van der Waals surface area contributed by atoms with Crippen molar-refractivity contribution in [2.24, 2.45) is 0 Å². The van der Waals surface area contributed by atoms with Crippen LogP contribution in [0.3, 0.4) is 0 Å². The second kappa shape index (κ2) is 4.90. The molecule has 0 spiro atoms. The van der Waals surface area contributed by atoms with Crippen LogP contribution in [0.1, 0.15) is 40.7 Å². The lowest BCUT2D eigenvalue weighted by Gasteiger charge is -2.22. The molecule has 2 atom stereocenters. The van der Waals surface area contributed by atoms with Crippen LogP contribution < -0.4 is 4.72 Å². The van der Waals surface area contributed by atoms with E-state index in [0.29, 0.717) is 6.04 Å². The van der Waals surface area contributed by atoms with Gasteiger partial charge >= 0.3 is 0 Å². The highest BCUT2D eigenvalue weighted by atomic mass is 32.2. The van der Waals surface area contributed by atoms with Crippen molar-refractivity contribution in [3.8, 4) is 0 Å². The number of rotatable bonds is 3. The summed E-state index contributed by atoms with van der Waals surface area (Å²) < 4.78 is 22.1. The molecule has 2 nitrogen and oxygen atoms in total. The Bertz CT molecular complexity index is 370. The first kappa shape index (κ1) is 10.8. The van der Waals surface area contributed by atoms with Gasteiger partial charge in [0.05, 0.1) is 17.1 Å². The summed E-state index contributed by atoms with van der Waals surface area (Å²) in [6, 6.07) is 7.79. The number of benzene rings is 1. The zero-order valence-corrected chi connectivity index (χ0v) is 10.5. The van der Waals surface area contributed by atoms with Crippen LogP contribution in [0.25, 0.3) is 0 Å². The van der Waals surface area contributed by atoms with Crippen LogP contribution in [0.4, 0.5) is 0 Å². The minimum absolute atomic E-state index is 0.0284. The van der Waals surface area contributed by atoms with E-state index in [1.807, 2.05) is 39.8 Å². The standard InChI is InChI=1S/C12H19NOS/c1-10(11-8-6-5-7-9-11)13-15(14)12(2,3)4/h5-10,13H,1-4H3/t10-,15+/m0/s1/i5D. The van der Waals surface area contributed by atoms with Gasteiger partial charge < -0.3 is 0 Å². The van der Waals surface area contributed by atoms with Gasteiger partial charge in [0.25, 0.3) is 0 Å². The second-order valence-corrected chi connectivity index (χ2v) is 6.55. The molecule has 0 fully saturated rings. The van der Waals surface area contributed by atoms with E-state index in [1.54, 1.807) is 12.1 Å². The van der Waals surface area contributed by atoms with Gasteiger partial charge in [-0.05, 0) is 33.3 Å². The van der Waals surface area contributed by atoms with Crippen molar-refractivity contribution in [3.05, 3.63) is 35.9 Å². The van der Waals surface area contributed by atoms with Gasteiger partial charge in [0, 0.05) is 6.04 Å². The molecule has 0 bridgehead atoms. The van der Waals surface area contributed by atoms with Crippen LogP contribution >= 0.6 is 0 Å². The number of nitrogens with one attached hydrogen (secondary N) is 1. The first-order valence-electron chi connectivity index (χ1n) is 5.55. The zero-order chi connectivity index (χ0) is 12.3. The van der Waals surface area contributed by atoms with Crippen LogP contribution in [0.15, 0.2) is 30.3 Å². The third kappa shape index (κ3) is 3.76. The summed E-state index contributed by atoms with van der Waals surface area (Å²) in [4.78, 5) is 0. The molecule has 0 radical (unpaired) electrons. The first-order valence-corrected chi connectivity index (χ1v) is 6.20. The number of hydrogen-bond acceptors (Lipinski definition) is 1. The summed E-state index contributed by atoms with van der Waals surface area (Å²) in [5.74, 6) is 0. The Hall–Kier alpha value is -0.670. The third-order valence-electron chi connectivity index (χ3n) is 2.08. The summed E-state index contributed by atoms with van der Waals surface area (Å²) in [6.07, 6.45) is 0. The van der Waals surface area contributed by atoms with Crippen molar-refractivity contribution in [2.45, 2.75) is 38.5 Å². The molecule has 1 aromatic rings. The quantitative estimate of drug-likeness (QED) is 0.843. The van der Waals surface area contributed by atoms with E-state index in [9.17, 15) is 4.21 Å². The molecule has 84 valence electrons. The van der Waals surface area contributed by atoms with Gasteiger partial charge in [0.1, 0.15) is 0 Å². The highest BCUT2D eigenvalue weighted by molar-refractivity contribution is 7.84. The smallest absolute Gasteiger partial charge is 0.0975 e. The molecule has 15 heavy (non-hydrogen) atoms. The molecular formula is C12H19NOS. The van der Waals surface area contributed by atoms with E-state index in [2.05, 4.69) is 4.72 Å². The van der Waals surface area contributed by atoms with Gasteiger partial charge in [-0.1, -0.05) is 30.3 Å². The van der Waals surface area contributed by atoms with Gasteiger partial charge in [0.15, 0.2) is 0 Å². The SMILES string of the molecule is [2H]c1ccc([C@H](C)N[S@](=O)C(C)(C)C)cc1. The van der Waals surface area contributed by atoms with Gasteiger partial charge in [-0.15, -0.1) is 0 Å². The number of hydrogen-bond donors (Lipinski definition) is 1. The van der Waals surface area contributed by atoms with Crippen molar-refractivity contribution < 1.29 is 5.58 Å². The Balaban J connectivity index is 2.69. The summed E-state index contributed by atoms with van der Waals surface area (Å²) in [7, 11) is -1.07. The van der Waals surface area contributed by atoms with Crippen LogP contribution in [-0.4, -0.2) is 8.96 Å². The first-order chi connectivity index (χ1) is 7.30. The van der Waals surface area contributed by atoms with E-state index in [0.717, 1.165) is 5.56 Å². The average Bonchev–Trinajstić information content (AvgIpc) is 2.17. The molecule has 0 saturated carbocycles. The molecule has 0 saturated heterocycles. The molecule has 1 aromatic carbocycles. The molecular weight excluding hydrogens is 206 g/mol. The molecule has 1 rings (SSSR count). The maximum Gasteiger partial charge on any atom is 0.0975 e.